The van der Waals surface area contributed by atoms with E-state index in [0.717, 1.165) is 5.56 Å². The van der Waals surface area contributed by atoms with Crippen molar-refractivity contribution >= 4 is 23.7 Å². The lowest BCUT2D eigenvalue weighted by molar-refractivity contribution is -0.139. The van der Waals surface area contributed by atoms with Gasteiger partial charge in [0.25, 0.3) is 0 Å². The second kappa shape index (κ2) is 12.6. The lowest BCUT2D eigenvalue weighted by Crippen LogP contribution is -2.56. The summed E-state index contributed by atoms with van der Waals surface area (Å²) in [6.07, 6.45) is -1.30. The first-order valence-electron chi connectivity index (χ1n) is 12.1. The van der Waals surface area contributed by atoms with Crippen molar-refractivity contribution in [3.8, 4) is 11.6 Å². The molecule has 10 nitrogen and oxygen atoms in total. The Kier molecular flexibility index (Phi) is 8.98. The Morgan fingerprint density at radius 3 is 2.42 bits per heavy atom. The van der Waals surface area contributed by atoms with Crippen molar-refractivity contribution in [2.45, 2.75) is 37.5 Å². The molecule has 3 N–H and O–H groups in total. The first-order chi connectivity index (χ1) is 18.3. The Balaban J connectivity index is 1.43. The molecule has 4 rings (SSSR count). The highest BCUT2D eigenvalue weighted by molar-refractivity contribution is 6.29. The largest absolute Gasteiger partial charge is 0.490 e. The van der Waals surface area contributed by atoms with Gasteiger partial charge in [-0.05, 0) is 30.5 Å². The van der Waals surface area contributed by atoms with Gasteiger partial charge in [0, 0.05) is 18.0 Å². The first-order valence-corrected chi connectivity index (χ1v) is 12.5. The average molecular weight is 541 g/mol. The standard InChI is InChI=1S/C27H29ClN4O6/c28-21-15-23(37-14-13-36-20-9-5-2-6-10-20)31-25(30-21)27(17-24(33)34)11-12-32(22(29)16-27)26(35)38-18-19-7-3-1-4-8-19/h1-10,15,22H,11-14,16-18,29H2,(H,33,34). The summed E-state index contributed by atoms with van der Waals surface area (Å²) in [6.45, 7) is 0.731. The molecule has 2 atom stereocenters. The van der Waals surface area contributed by atoms with Gasteiger partial charge in [-0.15, -0.1) is 0 Å². The summed E-state index contributed by atoms with van der Waals surface area (Å²) in [5.41, 5.74) is 6.16. The van der Waals surface area contributed by atoms with Crippen LogP contribution in [0.1, 0.15) is 30.7 Å². The molecule has 1 aliphatic rings. The molecular weight excluding hydrogens is 512 g/mol. The second-order valence-corrected chi connectivity index (χ2v) is 9.36. The number of para-hydroxylation sites is 1. The number of rotatable bonds is 10. The number of nitrogens with zero attached hydrogens (tertiary/aromatic N) is 3. The van der Waals surface area contributed by atoms with Crippen LogP contribution < -0.4 is 15.2 Å². The average Bonchev–Trinajstić information content (AvgIpc) is 2.90. The molecule has 38 heavy (non-hydrogen) atoms. The number of benzene rings is 2. The molecule has 0 radical (unpaired) electrons. The van der Waals surface area contributed by atoms with Crippen LogP contribution in [0.4, 0.5) is 4.79 Å². The summed E-state index contributed by atoms with van der Waals surface area (Å²) < 4.78 is 16.8. The van der Waals surface area contributed by atoms with Crippen molar-refractivity contribution in [2.24, 2.45) is 5.73 Å². The number of carbonyl (C=O) groups is 2. The Hall–Kier alpha value is -3.89. The van der Waals surface area contributed by atoms with E-state index < -0.39 is 23.6 Å². The number of halogens is 1. The number of carboxylic acids is 1. The third kappa shape index (κ3) is 7.11. The van der Waals surface area contributed by atoms with Gasteiger partial charge in [-0.2, -0.15) is 4.98 Å². The van der Waals surface area contributed by atoms with Gasteiger partial charge in [-0.3, -0.25) is 9.69 Å². The number of piperidine rings is 1. The number of aromatic nitrogens is 2. The molecule has 2 heterocycles. The fraction of sp³-hybridized carbons (Fsp3) is 0.333. The van der Waals surface area contributed by atoms with Gasteiger partial charge in [0.2, 0.25) is 5.88 Å². The van der Waals surface area contributed by atoms with Crippen molar-refractivity contribution in [3.63, 3.8) is 0 Å². The van der Waals surface area contributed by atoms with E-state index in [1.807, 2.05) is 60.7 Å². The second-order valence-electron chi connectivity index (χ2n) is 8.97. The zero-order chi connectivity index (χ0) is 27.0. The van der Waals surface area contributed by atoms with Crippen LogP contribution in [0.3, 0.4) is 0 Å². The minimum Gasteiger partial charge on any atom is -0.490 e. The van der Waals surface area contributed by atoms with E-state index in [-0.39, 0.29) is 62.5 Å². The smallest absolute Gasteiger partial charge is 0.411 e. The van der Waals surface area contributed by atoms with Crippen LogP contribution in [0.5, 0.6) is 11.6 Å². The van der Waals surface area contributed by atoms with Crippen LogP contribution >= 0.6 is 11.6 Å². The number of likely N-dealkylation sites (tertiary alicyclic amines) is 1. The molecule has 1 amide bonds. The third-order valence-corrected chi connectivity index (χ3v) is 6.45. The SMILES string of the molecule is NC1CC(CC(=O)O)(c2nc(Cl)cc(OCCOc3ccccc3)n2)CCN1C(=O)OCc1ccccc1. The number of ether oxygens (including phenoxy) is 3. The number of hydrogen-bond acceptors (Lipinski definition) is 8. The molecule has 0 bridgehead atoms. The van der Waals surface area contributed by atoms with Crippen molar-refractivity contribution in [2.75, 3.05) is 19.8 Å². The fourth-order valence-electron chi connectivity index (χ4n) is 4.40. The van der Waals surface area contributed by atoms with E-state index in [9.17, 15) is 14.7 Å². The lowest BCUT2D eigenvalue weighted by Gasteiger charge is -2.43. The van der Waals surface area contributed by atoms with E-state index in [1.54, 1.807) is 0 Å². The van der Waals surface area contributed by atoms with Crippen molar-refractivity contribution in [3.05, 3.63) is 83.3 Å². The molecule has 0 aliphatic carbocycles. The number of amides is 1. The number of carbonyl (C=O) groups excluding carboxylic acids is 1. The highest BCUT2D eigenvalue weighted by Gasteiger charge is 2.46. The third-order valence-electron chi connectivity index (χ3n) is 6.25. The minimum atomic E-state index is -1.05. The van der Waals surface area contributed by atoms with Gasteiger partial charge in [-0.25, -0.2) is 9.78 Å². The predicted molar refractivity (Wildman–Crippen MR) is 139 cm³/mol. The van der Waals surface area contributed by atoms with E-state index in [1.165, 1.54) is 11.0 Å². The maximum Gasteiger partial charge on any atom is 0.411 e. The van der Waals surface area contributed by atoms with Crippen LogP contribution in [0.25, 0.3) is 0 Å². The molecule has 2 aromatic carbocycles. The molecule has 1 fully saturated rings. The minimum absolute atomic E-state index is 0.106. The lowest BCUT2D eigenvalue weighted by atomic mass is 9.73. The number of aliphatic carboxylic acids is 1. The maximum atomic E-state index is 12.7. The van der Waals surface area contributed by atoms with Crippen LogP contribution in [0.2, 0.25) is 5.15 Å². The van der Waals surface area contributed by atoms with E-state index in [2.05, 4.69) is 9.97 Å². The van der Waals surface area contributed by atoms with Crippen LogP contribution in [-0.2, 0) is 21.6 Å². The molecule has 1 aliphatic heterocycles. The van der Waals surface area contributed by atoms with Crippen molar-refractivity contribution in [1.82, 2.24) is 14.9 Å². The van der Waals surface area contributed by atoms with Gasteiger partial charge >= 0.3 is 12.1 Å². The molecule has 3 aromatic rings. The monoisotopic (exact) mass is 540 g/mol. The molecule has 200 valence electrons. The molecule has 0 spiro atoms. The molecule has 1 aromatic heterocycles. The molecule has 11 heteroatoms. The quantitative estimate of drug-likeness (QED) is 0.288. The van der Waals surface area contributed by atoms with Gasteiger partial charge in [0.15, 0.2) is 0 Å². The Bertz CT molecular complexity index is 1230. The van der Waals surface area contributed by atoms with Gasteiger partial charge < -0.3 is 25.1 Å². The molecular formula is C27H29ClN4O6. The fourth-order valence-corrected chi connectivity index (χ4v) is 4.58. The zero-order valence-corrected chi connectivity index (χ0v) is 21.4. The molecule has 0 saturated carbocycles. The summed E-state index contributed by atoms with van der Waals surface area (Å²) in [6, 6.07) is 20.1. The predicted octanol–water partition coefficient (Wildman–Crippen LogP) is 4.02. The van der Waals surface area contributed by atoms with E-state index >= 15 is 0 Å². The summed E-state index contributed by atoms with van der Waals surface area (Å²) in [5, 5.41) is 9.81. The summed E-state index contributed by atoms with van der Waals surface area (Å²) >= 11 is 6.27. The van der Waals surface area contributed by atoms with Gasteiger partial charge in [-0.1, -0.05) is 60.1 Å². The topological polar surface area (TPSA) is 137 Å². The first kappa shape index (κ1) is 27.2. The zero-order valence-electron chi connectivity index (χ0n) is 20.7. The Labute approximate surface area is 225 Å². The number of nitrogens with two attached hydrogens (primary N) is 1. The summed E-state index contributed by atoms with van der Waals surface area (Å²) in [7, 11) is 0. The van der Waals surface area contributed by atoms with Gasteiger partial charge in [0.05, 0.1) is 12.6 Å². The van der Waals surface area contributed by atoms with Crippen LogP contribution in [0, 0.1) is 0 Å². The highest BCUT2D eigenvalue weighted by Crippen LogP contribution is 2.40. The van der Waals surface area contributed by atoms with Crippen LogP contribution in [-0.4, -0.2) is 58.0 Å². The Morgan fingerprint density at radius 2 is 1.74 bits per heavy atom. The molecule has 2 unspecified atom stereocenters. The molecule has 1 saturated heterocycles. The van der Waals surface area contributed by atoms with Crippen LogP contribution in [0.15, 0.2) is 66.7 Å². The van der Waals surface area contributed by atoms with E-state index in [0.29, 0.717) is 5.75 Å². The van der Waals surface area contributed by atoms with Crippen molar-refractivity contribution in [1.29, 1.82) is 0 Å². The summed E-state index contributed by atoms with van der Waals surface area (Å²) in [5.74, 6) is 0.0689. The van der Waals surface area contributed by atoms with E-state index in [4.69, 9.17) is 31.5 Å². The maximum absolute atomic E-state index is 12.7. The summed E-state index contributed by atoms with van der Waals surface area (Å²) in [4.78, 5) is 34.8. The van der Waals surface area contributed by atoms with Gasteiger partial charge in [0.1, 0.15) is 36.5 Å². The normalized spacial score (nSPS) is 19.0. The number of hydrogen-bond donors (Lipinski definition) is 2. The Morgan fingerprint density at radius 1 is 1.05 bits per heavy atom. The van der Waals surface area contributed by atoms with Crippen molar-refractivity contribution < 1.29 is 28.9 Å². The highest BCUT2D eigenvalue weighted by atomic mass is 35.5. The number of carboxylic acid groups (broad SMARTS) is 1.